The summed E-state index contributed by atoms with van der Waals surface area (Å²) in [4.78, 5) is 2.30. The number of fused-ring (bicyclic) bond motifs is 3. The lowest BCUT2D eigenvalue weighted by Gasteiger charge is -2.28. The lowest BCUT2D eigenvalue weighted by molar-refractivity contribution is 0.388. The van der Waals surface area contributed by atoms with Gasteiger partial charge in [0.05, 0.1) is 6.04 Å². The fraction of sp³-hybridized carbons (Fsp3) is 0.158. The van der Waals surface area contributed by atoms with Crippen LogP contribution in [0.1, 0.15) is 18.5 Å². The highest BCUT2D eigenvalue weighted by molar-refractivity contribution is 7.26. The Labute approximate surface area is 128 Å². The van der Waals surface area contributed by atoms with Gasteiger partial charge in [-0.05, 0) is 24.1 Å². The molecule has 104 valence electrons. The third-order valence-electron chi connectivity index (χ3n) is 4.14. The van der Waals surface area contributed by atoms with Gasteiger partial charge in [-0.3, -0.25) is 0 Å². The standard InChI is InChI=1S/C19H17NS/c1-13-10-11-17(20(2)12-13)16-8-5-7-15-14-6-3-4-9-18(14)21-19(15)16/h3-12,17H,1-2H3. The normalized spacial score (nSPS) is 18.5. The van der Waals surface area contributed by atoms with Crippen molar-refractivity contribution in [1.82, 2.24) is 4.90 Å². The second-order valence-electron chi connectivity index (χ2n) is 5.66. The number of likely N-dealkylation sites (N-methyl/N-ethyl adjacent to an activating group) is 1. The third-order valence-corrected chi connectivity index (χ3v) is 5.38. The highest BCUT2D eigenvalue weighted by atomic mass is 32.1. The number of hydrogen-bond donors (Lipinski definition) is 0. The topological polar surface area (TPSA) is 3.24 Å². The van der Waals surface area contributed by atoms with Crippen LogP contribution < -0.4 is 0 Å². The second kappa shape index (κ2) is 4.74. The van der Waals surface area contributed by atoms with Gasteiger partial charge in [0.2, 0.25) is 0 Å². The molecular weight excluding hydrogens is 274 g/mol. The van der Waals surface area contributed by atoms with Crippen LogP contribution in [-0.4, -0.2) is 11.9 Å². The molecule has 0 fully saturated rings. The summed E-state index contributed by atoms with van der Waals surface area (Å²) in [6.45, 7) is 2.14. The van der Waals surface area contributed by atoms with Crippen molar-refractivity contribution in [3.8, 4) is 0 Å². The van der Waals surface area contributed by atoms with Crippen LogP contribution in [0.3, 0.4) is 0 Å². The van der Waals surface area contributed by atoms with E-state index in [2.05, 4.69) is 79.7 Å². The molecule has 0 saturated carbocycles. The third kappa shape index (κ3) is 1.98. The maximum Gasteiger partial charge on any atom is 0.0735 e. The molecular formula is C19H17NS. The zero-order valence-electron chi connectivity index (χ0n) is 12.2. The average Bonchev–Trinajstić information content (AvgIpc) is 2.86. The van der Waals surface area contributed by atoms with Crippen LogP contribution >= 0.6 is 11.3 Å². The SMILES string of the molecule is CC1=CN(C)C(c2cccc3c2sc2ccccc23)C=C1. The van der Waals surface area contributed by atoms with Crippen molar-refractivity contribution >= 4 is 31.5 Å². The van der Waals surface area contributed by atoms with Gasteiger partial charge >= 0.3 is 0 Å². The zero-order valence-corrected chi connectivity index (χ0v) is 13.0. The van der Waals surface area contributed by atoms with Crippen LogP contribution in [0.5, 0.6) is 0 Å². The van der Waals surface area contributed by atoms with E-state index < -0.39 is 0 Å². The molecule has 0 saturated heterocycles. The van der Waals surface area contributed by atoms with Gasteiger partial charge < -0.3 is 4.90 Å². The minimum Gasteiger partial charge on any atom is -0.370 e. The first-order valence-corrected chi connectivity index (χ1v) is 8.04. The number of benzene rings is 2. The van der Waals surface area contributed by atoms with Crippen molar-refractivity contribution in [1.29, 1.82) is 0 Å². The van der Waals surface area contributed by atoms with Crippen LogP contribution in [0, 0.1) is 0 Å². The maximum absolute atomic E-state index is 2.30. The van der Waals surface area contributed by atoms with Crippen molar-refractivity contribution in [3.63, 3.8) is 0 Å². The van der Waals surface area contributed by atoms with E-state index in [-0.39, 0.29) is 0 Å². The quantitative estimate of drug-likeness (QED) is 0.572. The van der Waals surface area contributed by atoms with E-state index in [1.807, 2.05) is 11.3 Å². The Kier molecular flexibility index (Phi) is 2.86. The Bertz CT molecular complexity index is 885. The van der Waals surface area contributed by atoms with Crippen LogP contribution in [0.4, 0.5) is 0 Å². The summed E-state index contributed by atoms with van der Waals surface area (Å²) in [6.07, 6.45) is 6.74. The molecule has 21 heavy (non-hydrogen) atoms. The molecule has 1 aliphatic heterocycles. The summed E-state index contributed by atoms with van der Waals surface area (Å²) < 4.78 is 2.78. The number of thiophene rings is 1. The first kappa shape index (κ1) is 12.7. The molecule has 0 radical (unpaired) electrons. The van der Waals surface area contributed by atoms with Crippen molar-refractivity contribution < 1.29 is 0 Å². The number of rotatable bonds is 1. The smallest absolute Gasteiger partial charge is 0.0735 e. The molecule has 0 bridgehead atoms. The van der Waals surface area contributed by atoms with Crippen molar-refractivity contribution in [2.45, 2.75) is 13.0 Å². The highest BCUT2D eigenvalue weighted by Gasteiger charge is 2.19. The lowest BCUT2D eigenvalue weighted by Crippen LogP contribution is -2.19. The van der Waals surface area contributed by atoms with Crippen molar-refractivity contribution in [3.05, 3.63) is 72.0 Å². The van der Waals surface area contributed by atoms with E-state index >= 15 is 0 Å². The van der Waals surface area contributed by atoms with E-state index in [0.29, 0.717) is 6.04 Å². The molecule has 1 aromatic heterocycles. The first-order valence-electron chi connectivity index (χ1n) is 7.23. The van der Waals surface area contributed by atoms with Crippen LogP contribution in [-0.2, 0) is 0 Å². The van der Waals surface area contributed by atoms with Crippen LogP contribution in [0.25, 0.3) is 20.2 Å². The molecule has 2 aromatic carbocycles. The van der Waals surface area contributed by atoms with Gasteiger partial charge in [-0.2, -0.15) is 0 Å². The van der Waals surface area contributed by atoms with Gasteiger partial charge in [0.25, 0.3) is 0 Å². The average molecular weight is 291 g/mol. The van der Waals surface area contributed by atoms with E-state index in [9.17, 15) is 0 Å². The monoisotopic (exact) mass is 291 g/mol. The molecule has 0 spiro atoms. The van der Waals surface area contributed by atoms with E-state index in [1.165, 1.54) is 31.3 Å². The van der Waals surface area contributed by atoms with Gasteiger partial charge in [-0.1, -0.05) is 48.6 Å². The van der Waals surface area contributed by atoms with E-state index in [0.717, 1.165) is 0 Å². The molecule has 0 amide bonds. The van der Waals surface area contributed by atoms with Gasteiger partial charge in [-0.15, -0.1) is 11.3 Å². The summed E-state index contributed by atoms with van der Waals surface area (Å²) in [5.74, 6) is 0. The van der Waals surface area contributed by atoms with E-state index in [4.69, 9.17) is 0 Å². The number of allylic oxidation sites excluding steroid dienone is 2. The zero-order chi connectivity index (χ0) is 14.4. The van der Waals surface area contributed by atoms with E-state index in [1.54, 1.807) is 0 Å². The van der Waals surface area contributed by atoms with Gasteiger partial charge in [0.15, 0.2) is 0 Å². The predicted molar refractivity (Wildman–Crippen MR) is 92.7 cm³/mol. The highest BCUT2D eigenvalue weighted by Crippen LogP contribution is 2.39. The lowest BCUT2D eigenvalue weighted by atomic mass is 9.99. The maximum atomic E-state index is 2.30. The number of hydrogen-bond acceptors (Lipinski definition) is 2. The van der Waals surface area contributed by atoms with Crippen LogP contribution in [0.2, 0.25) is 0 Å². The number of nitrogens with zero attached hydrogens (tertiary/aromatic N) is 1. The van der Waals surface area contributed by atoms with Gasteiger partial charge in [0, 0.05) is 33.4 Å². The predicted octanol–water partition coefficient (Wildman–Crippen LogP) is 5.50. The van der Waals surface area contributed by atoms with Gasteiger partial charge in [-0.25, -0.2) is 0 Å². The Morgan fingerprint density at radius 2 is 1.81 bits per heavy atom. The minimum atomic E-state index is 0.325. The molecule has 2 heterocycles. The first-order chi connectivity index (χ1) is 10.2. The molecule has 0 N–H and O–H groups in total. The molecule has 0 aliphatic carbocycles. The minimum absolute atomic E-state index is 0.325. The Morgan fingerprint density at radius 1 is 1.00 bits per heavy atom. The van der Waals surface area contributed by atoms with Crippen molar-refractivity contribution in [2.75, 3.05) is 7.05 Å². The molecule has 2 heteroatoms. The Hall–Kier alpha value is -2.06. The summed E-state index contributed by atoms with van der Waals surface area (Å²) in [7, 11) is 2.16. The Morgan fingerprint density at radius 3 is 2.67 bits per heavy atom. The molecule has 1 aliphatic rings. The molecule has 1 atom stereocenters. The second-order valence-corrected chi connectivity index (χ2v) is 6.72. The summed E-state index contributed by atoms with van der Waals surface area (Å²) in [6, 6.07) is 15.7. The molecule has 1 unspecified atom stereocenters. The fourth-order valence-electron chi connectivity index (χ4n) is 3.15. The fourth-order valence-corrected chi connectivity index (χ4v) is 4.40. The molecule has 3 aromatic rings. The van der Waals surface area contributed by atoms with Crippen LogP contribution in [0.15, 0.2) is 66.4 Å². The summed E-state index contributed by atoms with van der Waals surface area (Å²) in [5, 5.41) is 2.75. The Balaban J connectivity index is 1.96. The summed E-state index contributed by atoms with van der Waals surface area (Å²) in [5.41, 5.74) is 2.70. The largest absolute Gasteiger partial charge is 0.370 e. The van der Waals surface area contributed by atoms with Gasteiger partial charge in [0.1, 0.15) is 0 Å². The molecule has 4 rings (SSSR count). The summed E-state index contributed by atoms with van der Waals surface area (Å²) >= 11 is 1.90. The molecule has 1 nitrogen and oxygen atoms in total. The van der Waals surface area contributed by atoms with Crippen molar-refractivity contribution in [2.24, 2.45) is 0 Å².